The van der Waals surface area contributed by atoms with Crippen LogP contribution in [0.25, 0.3) is 0 Å². The van der Waals surface area contributed by atoms with Gasteiger partial charge in [-0.1, -0.05) is 43.7 Å². The van der Waals surface area contributed by atoms with E-state index in [9.17, 15) is 14.7 Å². The molecule has 20 heavy (non-hydrogen) atoms. The predicted molar refractivity (Wildman–Crippen MR) is 76.4 cm³/mol. The summed E-state index contributed by atoms with van der Waals surface area (Å²) in [7, 11) is 0. The summed E-state index contributed by atoms with van der Waals surface area (Å²) in [5.41, 5.74) is -0.00415. The van der Waals surface area contributed by atoms with Gasteiger partial charge in [0.15, 0.2) is 0 Å². The molecule has 1 aromatic carbocycles. The second-order valence-electron chi connectivity index (χ2n) is 5.74. The topological polar surface area (TPSA) is 66.4 Å². The number of carboxylic acids is 1. The fraction of sp³-hybridized carbons (Fsp3) is 0.500. The van der Waals surface area contributed by atoms with E-state index in [0.717, 1.165) is 18.4 Å². The fourth-order valence-electron chi connectivity index (χ4n) is 2.64. The van der Waals surface area contributed by atoms with Crippen molar-refractivity contribution in [2.24, 2.45) is 5.92 Å². The van der Waals surface area contributed by atoms with Crippen LogP contribution in [0.3, 0.4) is 0 Å². The zero-order valence-corrected chi connectivity index (χ0v) is 11.9. The summed E-state index contributed by atoms with van der Waals surface area (Å²) < 4.78 is 0. The molecule has 2 N–H and O–H groups in total. The highest BCUT2D eigenvalue weighted by atomic mass is 16.4. The van der Waals surface area contributed by atoms with Crippen LogP contribution in [0.1, 0.15) is 44.6 Å². The maximum absolute atomic E-state index is 12.2. The Morgan fingerprint density at radius 2 is 2.00 bits per heavy atom. The molecule has 0 radical (unpaired) electrons. The lowest BCUT2D eigenvalue weighted by Crippen LogP contribution is -2.52. The van der Waals surface area contributed by atoms with E-state index in [0.29, 0.717) is 6.42 Å². The Bertz CT molecular complexity index is 500. The lowest BCUT2D eigenvalue weighted by Gasteiger charge is -2.25. The summed E-state index contributed by atoms with van der Waals surface area (Å²) in [5.74, 6) is -0.967. The maximum Gasteiger partial charge on any atom is 0.329 e. The zero-order chi connectivity index (χ0) is 14.8. The molecule has 4 heteroatoms. The van der Waals surface area contributed by atoms with E-state index in [4.69, 9.17) is 0 Å². The summed E-state index contributed by atoms with van der Waals surface area (Å²) in [6.07, 6.45) is 1.96. The van der Waals surface area contributed by atoms with Gasteiger partial charge in [-0.3, -0.25) is 4.79 Å². The SMILES string of the molecule is CCC[C@](C)(NC(=O)[C@H]1C[C@H]1c1ccccc1)C(=O)O. The number of rotatable bonds is 6. The molecule has 1 saturated carbocycles. The van der Waals surface area contributed by atoms with Gasteiger partial charge < -0.3 is 10.4 Å². The van der Waals surface area contributed by atoms with Gasteiger partial charge in [-0.05, 0) is 31.2 Å². The summed E-state index contributed by atoms with van der Waals surface area (Å²) in [6, 6.07) is 9.90. The van der Waals surface area contributed by atoms with Gasteiger partial charge in [-0.15, -0.1) is 0 Å². The van der Waals surface area contributed by atoms with E-state index in [1.54, 1.807) is 6.92 Å². The van der Waals surface area contributed by atoms with E-state index in [2.05, 4.69) is 5.32 Å². The van der Waals surface area contributed by atoms with E-state index in [1.807, 2.05) is 37.3 Å². The molecule has 3 atom stereocenters. The van der Waals surface area contributed by atoms with Crippen LogP contribution in [-0.2, 0) is 9.59 Å². The third-order valence-electron chi connectivity index (χ3n) is 3.98. The summed E-state index contributed by atoms with van der Waals surface area (Å²) in [5, 5.41) is 12.0. The van der Waals surface area contributed by atoms with Crippen molar-refractivity contribution in [3.63, 3.8) is 0 Å². The summed E-state index contributed by atoms with van der Waals surface area (Å²) in [6.45, 7) is 3.49. The van der Waals surface area contributed by atoms with E-state index in [-0.39, 0.29) is 17.7 Å². The van der Waals surface area contributed by atoms with Crippen LogP contribution in [-0.4, -0.2) is 22.5 Å². The highest BCUT2D eigenvalue weighted by Gasteiger charge is 2.46. The first kappa shape index (κ1) is 14.6. The van der Waals surface area contributed by atoms with Gasteiger partial charge >= 0.3 is 5.97 Å². The molecular weight excluding hydrogens is 254 g/mol. The van der Waals surface area contributed by atoms with Crippen LogP contribution in [0.15, 0.2) is 30.3 Å². The molecule has 1 aliphatic carbocycles. The highest BCUT2D eigenvalue weighted by molar-refractivity contribution is 5.89. The van der Waals surface area contributed by atoms with Crippen LogP contribution in [0.4, 0.5) is 0 Å². The number of hydrogen-bond donors (Lipinski definition) is 2. The standard InChI is InChI=1S/C16H21NO3/c1-3-9-16(2,15(19)20)17-14(18)13-10-12(13)11-7-5-4-6-8-11/h4-8,12-13H,3,9-10H2,1-2H3,(H,17,18)(H,19,20)/t12-,13-,16-/m0/s1. The number of carboxylic acid groups (broad SMARTS) is 1. The van der Waals surface area contributed by atoms with Gasteiger partial charge in [-0.25, -0.2) is 4.79 Å². The lowest BCUT2D eigenvalue weighted by atomic mass is 9.96. The van der Waals surface area contributed by atoms with E-state index in [1.165, 1.54) is 0 Å². The fourth-order valence-corrected chi connectivity index (χ4v) is 2.64. The Morgan fingerprint density at radius 1 is 1.35 bits per heavy atom. The third kappa shape index (κ3) is 3.00. The molecule has 1 aliphatic rings. The highest BCUT2D eigenvalue weighted by Crippen LogP contribution is 2.47. The molecular formula is C16H21NO3. The molecule has 0 bridgehead atoms. The Hall–Kier alpha value is -1.84. The Morgan fingerprint density at radius 3 is 2.55 bits per heavy atom. The number of carbonyl (C=O) groups excluding carboxylic acids is 1. The quantitative estimate of drug-likeness (QED) is 0.838. The van der Waals surface area contributed by atoms with Crippen LogP contribution in [0.5, 0.6) is 0 Å². The van der Waals surface area contributed by atoms with Gasteiger partial charge in [0.05, 0.1) is 0 Å². The molecule has 0 heterocycles. The van der Waals surface area contributed by atoms with Crippen molar-refractivity contribution in [3.8, 4) is 0 Å². The van der Waals surface area contributed by atoms with Gasteiger partial charge in [0, 0.05) is 5.92 Å². The summed E-state index contributed by atoms with van der Waals surface area (Å²) in [4.78, 5) is 23.5. The maximum atomic E-state index is 12.2. The first-order chi connectivity index (χ1) is 9.48. The van der Waals surface area contributed by atoms with Crippen molar-refractivity contribution in [1.82, 2.24) is 5.32 Å². The van der Waals surface area contributed by atoms with Gasteiger partial charge in [0.2, 0.25) is 5.91 Å². The Labute approximate surface area is 119 Å². The minimum absolute atomic E-state index is 0.0899. The van der Waals surface area contributed by atoms with Crippen molar-refractivity contribution in [3.05, 3.63) is 35.9 Å². The van der Waals surface area contributed by atoms with Crippen LogP contribution in [0, 0.1) is 5.92 Å². The first-order valence-corrected chi connectivity index (χ1v) is 7.08. The van der Waals surface area contributed by atoms with Gasteiger partial charge in [0.25, 0.3) is 0 Å². The minimum atomic E-state index is -1.16. The van der Waals surface area contributed by atoms with E-state index >= 15 is 0 Å². The van der Waals surface area contributed by atoms with Crippen molar-refractivity contribution >= 4 is 11.9 Å². The van der Waals surface area contributed by atoms with Crippen molar-refractivity contribution in [1.29, 1.82) is 0 Å². The van der Waals surface area contributed by atoms with Crippen LogP contribution >= 0.6 is 0 Å². The molecule has 0 unspecified atom stereocenters. The average molecular weight is 275 g/mol. The number of nitrogens with one attached hydrogen (secondary N) is 1. The normalized spacial score (nSPS) is 23.7. The number of hydrogen-bond acceptors (Lipinski definition) is 2. The monoisotopic (exact) mass is 275 g/mol. The minimum Gasteiger partial charge on any atom is -0.480 e. The largest absolute Gasteiger partial charge is 0.480 e. The lowest BCUT2D eigenvalue weighted by molar-refractivity contribution is -0.147. The van der Waals surface area contributed by atoms with E-state index < -0.39 is 11.5 Å². The van der Waals surface area contributed by atoms with Gasteiger partial charge in [-0.2, -0.15) is 0 Å². The van der Waals surface area contributed by atoms with Gasteiger partial charge in [0.1, 0.15) is 5.54 Å². The number of aliphatic carboxylic acids is 1. The molecule has 1 aromatic rings. The molecule has 1 fully saturated rings. The molecule has 0 spiro atoms. The predicted octanol–water partition coefficient (Wildman–Crippen LogP) is 2.55. The number of carbonyl (C=O) groups is 2. The van der Waals surface area contributed by atoms with Crippen molar-refractivity contribution in [2.75, 3.05) is 0 Å². The number of benzene rings is 1. The third-order valence-corrected chi connectivity index (χ3v) is 3.98. The second-order valence-corrected chi connectivity index (χ2v) is 5.74. The Balaban J connectivity index is 1.98. The van der Waals surface area contributed by atoms with Crippen LogP contribution < -0.4 is 5.32 Å². The molecule has 108 valence electrons. The first-order valence-electron chi connectivity index (χ1n) is 7.08. The summed E-state index contributed by atoms with van der Waals surface area (Å²) >= 11 is 0. The molecule has 1 amide bonds. The van der Waals surface area contributed by atoms with Crippen molar-refractivity contribution < 1.29 is 14.7 Å². The second kappa shape index (κ2) is 5.65. The smallest absolute Gasteiger partial charge is 0.329 e. The average Bonchev–Trinajstić information content (AvgIpc) is 3.20. The molecule has 4 nitrogen and oxygen atoms in total. The van der Waals surface area contributed by atoms with Crippen molar-refractivity contribution in [2.45, 2.75) is 44.6 Å². The molecule has 0 aromatic heterocycles. The number of amides is 1. The Kier molecular flexibility index (Phi) is 4.12. The molecule has 0 aliphatic heterocycles. The molecule has 0 saturated heterocycles. The van der Waals surface area contributed by atoms with Crippen LogP contribution in [0.2, 0.25) is 0 Å². The molecule has 2 rings (SSSR count). The zero-order valence-electron chi connectivity index (χ0n) is 11.9.